The maximum Gasteiger partial charge on any atom is 0.343 e. The summed E-state index contributed by atoms with van der Waals surface area (Å²) in [6, 6.07) is 20.3. The van der Waals surface area contributed by atoms with Gasteiger partial charge in [-0.05, 0) is 18.2 Å². The molecule has 0 saturated carbocycles. The molecule has 0 heterocycles. The molecule has 0 amide bonds. The van der Waals surface area contributed by atoms with Crippen molar-refractivity contribution in [1.82, 2.24) is 0 Å². The Morgan fingerprint density at radius 3 is 1.74 bits per heavy atom. The van der Waals surface area contributed by atoms with E-state index in [-0.39, 0.29) is 17.1 Å². The van der Waals surface area contributed by atoms with Crippen LogP contribution in [0.4, 0.5) is 0 Å². The molecule has 0 radical (unpaired) electrons. The van der Waals surface area contributed by atoms with E-state index in [0.29, 0.717) is 22.6 Å². The van der Waals surface area contributed by atoms with Crippen LogP contribution in [0.1, 0.15) is 26.3 Å². The van der Waals surface area contributed by atoms with Crippen molar-refractivity contribution in [2.45, 2.75) is 0 Å². The lowest BCUT2D eigenvalue weighted by molar-refractivity contribution is 0.0732. The molecule has 5 nitrogen and oxygen atoms in total. The van der Waals surface area contributed by atoms with Crippen LogP contribution < -0.4 is 14.2 Å². The maximum absolute atomic E-state index is 13.0. The molecule has 3 rings (SSSR count). The van der Waals surface area contributed by atoms with Gasteiger partial charge in [-0.2, -0.15) is 0 Å². The van der Waals surface area contributed by atoms with Crippen LogP contribution in [-0.4, -0.2) is 26.0 Å². The third-order valence-corrected chi connectivity index (χ3v) is 3.98. The largest absolute Gasteiger partial charge is 0.493 e. The number of rotatable bonds is 6. The fourth-order valence-electron chi connectivity index (χ4n) is 2.60. The van der Waals surface area contributed by atoms with E-state index < -0.39 is 5.97 Å². The summed E-state index contributed by atoms with van der Waals surface area (Å²) >= 11 is 0. The highest BCUT2D eigenvalue weighted by molar-refractivity contribution is 6.11. The van der Waals surface area contributed by atoms with Gasteiger partial charge in [-0.25, -0.2) is 4.79 Å². The third kappa shape index (κ3) is 3.98. The lowest BCUT2D eigenvalue weighted by Gasteiger charge is -2.14. The first-order valence-electron chi connectivity index (χ1n) is 8.27. The minimum absolute atomic E-state index is 0.107. The first-order chi connectivity index (χ1) is 13.1. The van der Waals surface area contributed by atoms with E-state index in [0.717, 1.165) is 0 Å². The number of esters is 1. The summed E-state index contributed by atoms with van der Waals surface area (Å²) < 4.78 is 16.1. The molecule has 0 fully saturated rings. The SMILES string of the molecule is COc1cc(OC(=O)c2ccccc2)c(C(=O)c2ccccc2)cc1OC. The first kappa shape index (κ1) is 18.2. The lowest BCUT2D eigenvalue weighted by atomic mass is 10.0. The van der Waals surface area contributed by atoms with Gasteiger partial charge >= 0.3 is 5.97 Å². The number of carbonyl (C=O) groups is 2. The van der Waals surface area contributed by atoms with Crippen LogP contribution in [0.25, 0.3) is 0 Å². The third-order valence-electron chi connectivity index (χ3n) is 3.98. The Hall–Kier alpha value is -3.60. The van der Waals surface area contributed by atoms with E-state index in [2.05, 4.69) is 0 Å². The maximum atomic E-state index is 13.0. The monoisotopic (exact) mass is 362 g/mol. The summed E-state index contributed by atoms with van der Waals surface area (Å²) in [5, 5.41) is 0. The molecule has 136 valence electrons. The topological polar surface area (TPSA) is 61.8 Å². The Bertz CT molecular complexity index is 949. The van der Waals surface area contributed by atoms with Crippen molar-refractivity contribution in [3.63, 3.8) is 0 Å². The van der Waals surface area contributed by atoms with E-state index in [1.165, 1.54) is 26.4 Å². The number of ether oxygens (including phenoxy) is 3. The molecule has 0 atom stereocenters. The lowest BCUT2D eigenvalue weighted by Crippen LogP contribution is -2.12. The van der Waals surface area contributed by atoms with Crippen molar-refractivity contribution in [2.75, 3.05) is 14.2 Å². The van der Waals surface area contributed by atoms with Gasteiger partial charge in [0.15, 0.2) is 17.3 Å². The number of benzene rings is 3. The zero-order valence-corrected chi connectivity index (χ0v) is 15.0. The van der Waals surface area contributed by atoms with Crippen molar-refractivity contribution in [2.24, 2.45) is 0 Å². The molecule has 3 aromatic carbocycles. The van der Waals surface area contributed by atoms with Gasteiger partial charge in [0.1, 0.15) is 5.75 Å². The molecule has 3 aromatic rings. The molecule has 0 aromatic heterocycles. The predicted octanol–water partition coefficient (Wildman–Crippen LogP) is 4.15. The van der Waals surface area contributed by atoms with Gasteiger partial charge in [-0.1, -0.05) is 48.5 Å². The summed E-state index contributed by atoms with van der Waals surface area (Å²) in [4.78, 5) is 25.4. The smallest absolute Gasteiger partial charge is 0.343 e. The molecule has 0 aliphatic rings. The standard InChI is InChI=1S/C22H18O5/c1-25-19-13-17(21(23)15-9-5-3-6-10-15)18(14-20(19)26-2)27-22(24)16-11-7-4-8-12-16/h3-14H,1-2H3. The van der Waals surface area contributed by atoms with E-state index in [1.54, 1.807) is 54.6 Å². The Morgan fingerprint density at radius 2 is 1.19 bits per heavy atom. The second-order valence-corrected chi connectivity index (χ2v) is 5.65. The predicted molar refractivity (Wildman–Crippen MR) is 101 cm³/mol. The Labute approximate surface area is 157 Å². The van der Waals surface area contributed by atoms with E-state index >= 15 is 0 Å². The molecule has 5 heteroatoms. The minimum Gasteiger partial charge on any atom is -0.493 e. The highest BCUT2D eigenvalue weighted by Crippen LogP contribution is 2.36. The Kier molecular flexibility index (Phi) is 5.52. The van der Waals surface area contributed by atoms with Crippen LogP contribution >= 0.6 is 0 Å². The fraction of sp³-hybridized carbons (Fsp3) is 0.0909. The quantitative estimate of drug-likeness (QED) is 0.374. The molecular formula is C22H18O5. The molecule has 0 bridgehead atoms. The van der Waals surface area contributed by atoms with Gasteiger partial charge in [0, 0.05) is 11.6 Å². The van der Waals surface area contributed by atoms with Gasteiger partial charge in [0.05, 0.1) is 25.3 Å². The fourth-order valence-corrected chi connectivity index (χ4v) is 2.60. The molecular weight excluding hydrogens is 344 g/mol. The molecule has 27 heavy (non-hydrogen) atoms. The summed E-state index contributed by atoms with van der Waals surface area (Å²) in [6.45, 7) is 0. The number of ketones is 1. The number of carbonyl (C=O) groups excluding carboxylic acids is 2. The van der Waals surface area contributed by atoms with E-state index in [9.17, 15) is 9.59 Å². The Balaban J connectivity index is 2.05. The van der Waals surface area contributed by atoms with Gasteiger partial charge in [0.25, 0.3) is 0 Å². The summed E-state index contributed by atoms with van der Waals surface area (Å²) in [7, 11) is 2.95. The van der Waals surface area contributed by atoms with Gasteiger partial charge in [0.2, 0.25) is 0 Å². The van der Waals surface area contributed by atoms with Gasteiger partial charge in [-0.3, -0.25) is 4.79 Å². The van der Waals surface area contributed by atoms with Crippen LogP contribution in [0, 0.1) is 0 Å². The van der Waals surface area contributed by atoms with Crippen molar-refractivity contribution in [1.29, 1.82) is 0 Å². The zero-order chi connectivity index (χ0) is 19.2. The molecule has 0 N–H and O–H groups in total. The van der Waals surface area contributed by atoms with Crippen LogP contribution in [0.5, 0.6) is 17.2 Å². The normalized spacial score (nSPS) is 10.1. The molecule has 0 aliphatic carbocycles. The Morgan fingerprint density at radius 1 is 0.667 bits per heavy atom. The van der Waals surface area contributed by atoms with E-state index in [1.807, 2.05) is 6.07 Å². The first-order valence-corrected chi connectivity index (χ1v) is 8.27. The van der Waals surface area contributed by atoms with Crippen molar-refractivity contribution in [3.8, 4) is 17.2 Å². The van der Waals surface area contributed by atoms with Crippen LogP contribution in [0.15, 0.2) is 72.8 Å². The molecule has 0 spiro atoms. The van der Waals surface area contributed by atoms with Crippen LogP contribution in [0.3, 0.4) is 0 Å². The average Bonchev–Trinajstić information content (AvgIpc) is 2.74. The minimum atomic E-state index is -0.565. The van der Waals surface area contributed by atoms with Crippen molar-refractivity contribution >= 4 is 11.8 Å². The second-order valence-electron chi connectivity index (χ2n) is 5.65. The second kappa shape index (κ2) is 8.19. The number of hydrogen-bond donors (Lipinski definition) is 0. The molecule has 0 aliphatic heterocycles. The molecule has 0 saturated heterocycles. The van der Waals surface area contributed by atoms with Crippen molar-refractivity contribution in [3.05, 3.63) is 89.5 Å². The summed E-state index contributed by atoms with van der Waals surface area (Å²) in [5.74, 6) is -0.0121. The van der Waals surface area contributed by atoms with Crippen LogP contribution in [0.2, 0.25) is 0 Å². The highest BCUT2D eigenvalue weighted by Gasteiger charge is 2.21. The van der Waals surface area contributed by atoms with Crippen LogP contribution in [-0.2, 0) is 0 Å². The van der Waals surface area contributed by atoms with E-state index in [4.69, 9.17) is 14.2 Å². The van der Waals surface area contributed by atoms with Crippen molar-refractivity contribution < 1.29 is 23.8 Å². The zero-order valence-electron chi connectivity index (χ0n) is 15.0. The number of methoxy groups -OCH3 is 2. The van der Waals surface area contributed by atoms with Gasteiger partial charge in [-0.15, -0.1) is 0 Å². The number of hydrogen-bond acceptors (Lipinski definition) is 5. The average molecular weight is 362 g/mol. The highest BCUT2D eigenvalue weighted by atomic mass is 16.5. The molecule has 0 unspecified atom stereocenters. The summed E-state index contributed by atoms with van der Waals surface area (Å²) in [6.07, 6.45) is 0. The van der Waals surface area contributed by atoms with Gasteiger partial charge < -0.3 is 14.2 Å². The summed E-state index contributed by atoms with van der Waals surface area (Å²) in [5.41, 5.74) is 1.07.